The van der Waals surface area contributed by atoms with E-state index in [2.05, 4.69) is 18.7 Å². The molecule has 0 spiro atoms. The zero-order chi connectivity index (χ0) is 15.0. The first kappa shape index (κ1) is 17.1. The van der Waals surface area contributed by atoms with Gasteiger partial charge >= 0.3 is 0 Å². The van der Waals surface area contributed by atoms with E-state index in [1.165, 1.54) is 12.1 Å². The number of hydrogen-bond donors (Lipinski definition) is 1. The van der Waals surface area contributed by atoms with Crippen molar-refractivity contribution in [3.05, 3.63) is 35.6 Å². The molecule has 114 valence electrons. The van der Waals surface area contributed by atoms with Crippen molar-refractivity contribution in [2.75, 3.05) is 26.3 Å². The first-order valence-corrected chi connectivity index (χ1v) is 7.46. The highest BCUT2D eigenvalue weighted by Crippen LogP contribution is 2.25. The number of hydrogen-bond acceptors (Lipinski definition) is 3. The van der Waals surface area contributed by atoms with Gasteiger partial charge in [-0.2, -0.15) is 0 Å². The van der Waals surface area contributed by atoms with Crippen molar-refractivity contribution >= 4 is 0 Å². The summed E-state index contributed by atoms with van der Waals surface area (Å²) in [5.74, 6) is -0.213. The second-order valence-electron chi connectivity index (χ2n) is 4.89. The number of likely N-dealkylation sites (N-methyl/N-ethyl adjacent to an activating group) is 1. The molecule has 4 heteroatoms. The average molecular weight is 282 g/mol. The Morgan fingerprint density at radius 3 is 2.35 bits per heavy atom. The number of rotatable bonds is 9. The predicted molar refractivity (Wildman–Crippen MR) is 81.1 cm³/mol. The predicted octanol–water partition coefficient (Wildman–Crippen LogP) is 2.96. The number of nitrogens with two attached hydrogens (primary N) is 1. The van der Waals surface area contributed by atoms with E-state index in [1.54, 1.807) is 0 Å². The van der Waals surface area contributed by atoms with E-state index in [0.717, 1.165) is 31.7 Å². The molecule has 2 unspecified atom stereocenters. The highest BCUT2D eigenvalue weighted by molar-refractivity contribution is 5.21. The maximum absolute atomic E-state index is 13.1. The Hall–Kier alpha value is -0.970. The fourth-order valence-electron chi connectivity index (χ4n) is 2.43. The van der Waals surface area contributed by atoms with E-state index in [1.807, 2.05) is 19.1 Å². The van der Waals surface area contributed by atoms with Crippen LogP contribution in [0.2, 0.25) is 0 Å². The number of benzene rings is 1. The minimum Gasteiger partial charge on any atom is -0.380 e. The van der Waals surface area contributed by atoms with Crippen LogP contribution < -0.4 is 5.73 Å². The van der Waals surface area contributed by atoms with Gasteiger partial charge in [0.15, 0.2) is 0 Å². The van der Waals surface area contributed by atoms with Crippen LogP contribution in [0.25, 0.3) is 0 Å². The molecule has 0 aliphatic carbocycles. The topological polar surface area (TPSA) is 38.5 Å². The van der Waals surface area contributed by atoms with Crippen LogP contribution in [0.3, 0.4) is 0 Å². The second kappa shape index (κ2) is 9.06. The van der Waals surface area contributed by atoms with E-state index < -0.39 is 0 Å². The Kier molecular flexibility index (Phi) is 7.73. The first-order valence-electron chi connectivity index (χ1n) is 7.46. The number of halogens is 1. The van der Waals surface area contributed by atoms with Gasteiger partial charge in [-0.1, -0.05) is 26.0 Å². The summed E-state index contributed by atoms with van der Waals surface area (Å²) in [6.07, 6.45) is 0.882. The fraction of sp³-hybridized carbons (Fsp3) is 0.625. The molecule has 2 atom stereocenters. The molecule has 0 aliphatic rings. The normalized spacial score (nSPS) is 14.5. The molecule has 3 nitrogen and oxygen atoms in total. The Morgan fingerprint density at radius 1 is 1.20 bits per heavy atom. The smallest absolute Gasteiger partial charge is 0.123 e. The maximum Gasteiger partial charge on any atom is 0.123 e. The minimum absolute atomic E-state index is 0.0297. The third-order valence-electron chi connectivity index (χ3n) is 3.62. The highest BCUT2D eigenvalue weighted by Gasteiger charge is 2.24. The Bertz CT molecular complexity index is 369. The molecule has 0 heterocycles. The highest BCUT2D eigenvalue weighted by atomic mass is 19.1. The lowest BCUT2D eigenvalue weighted by molar-refractivity contribution is 0.0888. The molecule has 0 bridgehead atoms. The second-order valence-corrected chi connectivity index (χ2v) is 4.89. The lowest BCUT2D eigenvalue weighted by atomic mass is 9.96. The third-order valence-corrected chi connectivity index (χ3v) is 3.62. The molecule has 0 aliphatic heterocycles. The molecular weight excluding hydrogens is 255 g/mol. The van der Waals surface area contributed by atoms with Gasteiger partial charge in [0.1, 0.15) is 5.82 Å². The average Bonchev–Trinajstić information content (AvgIpc) is 2.47. The van der Waals surface area contributed by atoms with Gasteiger partial charge in [0.25, 0.3) is 0 Å². The zero-order valence-corrected chi connectivity index (χ0v) is 12.8. The molecular formula is C16H27FN2O. The summed E-state index contributed by atoms with van der Waals surface area (Å²) >= 11 is 0. The van der Waals surface area contributed by atoms with Crippen LogP contribution in [0.5, 0.6) is 0 Å². The van der Waals surface area contributed by atoms with Crippen LogP contribution in [0, 0.1) is 5.82 Å². The molecule has 0 fully saturated rings. The van der Waals surface area contributed by atoms with Crippen molar-refractivity contribution in [2.24, 2.45) is 5.73 Å². The van der Waals surface area contributed by atoms with E-state index in [-0.39, 0.29) is 17.9 Å². The maximum atomic E-state index is 13.1. The fourth-order valence-corrected chi connectivity index (χ4v) is 2.43. The number of nitrogens with zero attached hydrogens (tertiary/aromatic N) is 1. The molecule has 1 rings (SSSR count). The van der Waals surface area contributed by atoms with Crippen molar-refractivity contribution in [2.45, 2.75) is 39.3 Å². The Labute approximate surface area is 121 Å². The van der Waals surface area contributed by atoms with Gasteiger partial charge < -0.3 is 10.5 Å². The van der Waals surface area contributed by atoms with Crippen molar-refractivity contribution in [3.63, 3.8) is 0 Å². The zero-order valence-electron chi connectivity index (χ0n) is 12.8. The van der Waals surface area contributed by atoms with E-state index in [9.17, 15) is 4.39 Å². The van der Waals surface area contributed by atoms with Crippen LogP contribution in [0.1, 0.15) is 38.8 Å². The molecule has 0 radical (unpaired) electrons. The summed E-state index contributed by atoms with van der Waals surface area (Å²) in [6, 6.07) is 6.80. The summed E-state index contributed by atoms with van der Waals surface area (Å²) in [5.41, 5.74) is 7.36. The van der Waals surface area contributed by atoms with Gasteiger partial charge in [-0.3, -0.25) is 4.90 Å². The van der Waals surface area contributed by atoms with Gasteiger partial charge in [0, 0.05) is 25.2 Å². The summed E-state index contributed by atoms with van der Waals surface area (Å²) in [4.78, 5) is 2.30. The van der Waals surface area contributed by atoms with Gasteiger partial charge in [-0.25, -0.2) is 4.39 Å². The minimum atomic E-state index is -0.213. The lowest BCUT2D eigenvalue weighted by Gasteiger charge is -2.35. The molecule has 0 amide bonds. The molecule has 0 aromatic heterocycles. The molecule has 0 saturated heterocycles. The van der Waals surface area contributed by atoms with Gasteiger partial charge in [0.05, 0.1) is 6.61 Å². The first-order chi connectivity index (χ1) is 9.63. The molecule has 2 N–H and O–H groups in total. The third kappa shape index (κ3) is 4.85. The Balaban J connectivity index is 2.88. The van der Waals surface area contributed by atoms with E-state index in [0.29, 0.717) is 6.61 Å². The summed E-state index contributed by atoms with van der Waals surface area (Å²) < 4.78 is 18.5. The SMILES string of the molecule is CCOCCN(CC)C(c1ccc(F)cc1)C(N)CC. The largest absolute Gasteiger partial charge is 0.380 e. The molecule has 1 aromatic carbocycles. The summed E-state index contributed by atoms with van der Waals surface area (Å²) in [6.45, 7) is 9.33. The van der Waals surface area contributed by atoms with E-state index >= 15 is 0 Å². The summed E-state index contributed by atoms with van der Waals surface area (Å²) in [7, 11) is 0. The lowest BCUT2D eigenvalue weighted by Crippen LogP contribution is -2.42. The van der Waals surface area contributed by atoms with Crippen molar-refractivity contribution < 1.29 is 9.13 Å². The van der Waals surface area contributed by atoms with Crippen LogP contribution >= 0.6 is 0 Å². The van der Waals surface area contributed by atoms with Crippen molar-refractivity contribution in [1.82, 2.24) is 4.90 Å². The van der Waals surface area contributed by atoms with E-state index in [4.69, 9.17) is 10.5 Å². The van der Waals surface area contributed by atoms with Crippen molar-refractivity contribution in [3.8, 4) is 0 Å². The van der Waals surface area contributed by atoms with Crippen LogP contribution in [0.4, 0.5) is 4.39 Å². The van der Waals surface area contributed by atoms with Gasteiger partial charge in [-0.05, 0) is 37.6 Å². The molecule has 0 saturated carbocycles. The Morgan fingerprint density at radius 2 is 1.85 bits per heavy atom. The van der Waals surface area contributed by atoms with Gasteiger partial charge in [-0.15, -0.1) is 0 Å². The quantitative estimate of drug-likeness (QED) is 0.708. The molecule has 20 heavy (non-hydrogen) atoms. The number of ether oxygens (including phenoxy) is 1. The monoisotopic (exact) mass is 282 g/mol. The van der Waals surface area contributed by atoms with Gasteiger partial charge in [0.2, 0.25) is 0 Å². The summed E-state index contributed by atoms with van der Waals surface area (Å²) in [5, 5.41) is 0. The van der Waals surface area contributed by atoms with Crippen molar-refractivity contribution in [1.29, 1.82) is 0 Å². The van der Waals surface area contributed by atoms with Crippen LogP contribution in [-0.2, 0) is 4.74 Å². The molecule has 1 aromatic rings. The van der Waals surface area contributed by atoms with Crippen LogP contribution in [-0.4, -0.2) is 37.2 Å². The van der Waals surface area contributed by atoms with Crippen LogP contribution in [0.15, 0.2) is 24.3 Å². The standard InChI is InChI=1S/C16H27FN2O/c1-4-15(18)16(13-7-9-14(17)10-8-13)19(5-2)11-12-20-6-3/h7-10,15-16H,4-6,11-12,18H2,1-3H3.